The lowest BCUT2D eigenvalue weighted by Crippen LogP contribution is -2.23. The monoisotopic (exact) mass is 217 g/mol. The second-order valence-electron chi connectivity index (χ2n) is 3.29. The Morgan fingerprint density at radius 2 is 2.27 bits per heavy atom. The number of nitrogens with one attached hydrogen (secondary N) is 1. The van der Waals surface area contributed by atoms with Gasteiger partial charge in [0.2, 0.25) is 0 Å². The first kappa shape index (κ1) is 14.1. The quantitative estimate of drug-likeness (QED) is 0.394. The minimum Gasteiger partial charge on any atom is -0.478 e. The summed E-state index contributed by atoms with van der Waals surface area (Å²) in [6, 6.07) is 0. The molecule has 0 aromatic rings. The zero-order chi connectivity index (χ0) is 11.7. The van der Waals surface area contributed by atoms with Crippen molar-refractivity contribution >= 4 is 5.97 Å². The lowest BCUT2D eigenvalue weighted by molar-refractivity contribution is -0.132. The molecule has 0 saturated carbocycles. The molecular weight excluding hydrogens is 198 g/mol. The van der Waals surface area contributed by atoms with E-state index in [1.807, 2.05) is 0 Å². The van der Waals surface area contributed by atoms with E-state index in [4.69, 9.17) is 9.84 Å². The van der Waals surface area contributed by atoms with Gasteiger partial charge in [-0.05, 0) is 19.9 Å². The minimum atomic E-state index is -0.906. The average Bonchev–Trinajstić information content (AvgIpc) is 2.17. The zero-order valence-corrected chi connectivity index (χ0v) is 9.19. The van der Waals surface area contributed by atoms with E-state index in [9.17, 15) is 9.90 Å². The Balaban J connectivity index is 3.47. The number of carboxylic acid groups (broad SMARTS) is 1. The molecule has 5 heteroatoms. The molecule has 0 rings (SSSR count). The van der Waals surface area contributed by atoms with Gasteiger partial charge >= 0.3 is 5.97 Å². The standard InChI is InChI=1S/C10H19NO4/c1-8(10(13)14)3-5-11-6-4-9(12)7-15-2/h3,9,11-12H,4-7H2,1-2H3,(H,13,14)/b8-3-. The fourth-order valence-corrected chi connectivity index (χ4v) is 0.959. The second kappa shape index (κ2) is 8.40. The highest BCUT2D eigenvalue weighted by atomic mass is 16.5. The average molecular weight is 217 g/mol. The van der Waals surface area contributed by atoms with Crippen LogP contribution in [0.25, 0.3) is 0 Å². The van der Waals surface area contributed by atoms with Crippen LogP contribution in [0, 0.1) is 0 Å². The topological polar surface area (TPSA) is 78.8 Å². The van der Waals surface area contributed by atoms with Crippen molar-refractivity contribution < 1.29 is 19.7 Å². The third-order valence-corrected chi connectivity index (χ3v) is 1.90. The Kier molecular flexibility index (Phi) is 7.89. The van der Waals surface area contributed by atoms with Crippen molar-refractivity contribution in [3.63, 3.8) is 0 Å². The Morgan fingerprint density at radius 1 is 1.60 bits per heavy atom. The molecule has 0 spiro atoms. The highest BCUT2D eigenvalue weighted by molar-refractivity contribution is 5.85. The van der Waals surface area contributed by atoms with E-state index < -0.39 is 12.1 Å². The number of carbonyl (C=O) groups is 1. The van der Waals surface area contributed by atoms with Crippen molar-refractivity contribution in [2.45, 2.75) is 19.4 Å². The number of aliphatic hydroxyl groups excluding tert-OH is 1. The Hall–Kier alpha value is -0.910. The molecule has 3 N–H and O–H groups in total. The number of aliphatic hydroxyl groups is 1. The molecule has 0 amide bonds. The molecule has 0 radical (unpaired) electrons. The first-order valence-corrected chi connectivity index (χ1v) is 4.85. The van der Waals surface area contributed by atoms with Crippen LogP contribution in [0.2, 0.25) is 0 Å². The van der Waals surface area contributed by atoms with Crippen molar-refractivity contribution in [2.24, 2.45) is 0 Å². The fraction of sp³-hybridized carbons (Fsp3) is 0.700. The van der Waals surface area contributed by atoms with Gasteiger partial charge in [0, 0.05) is 19.2 Å². The van der Waals surface area contributed by atoms with Crippen LogP contribution < -0.4 is 5.32 Å². The van der Waals surface area contributed by atoms with Gasteiger partial charge in [-0.15, -0.1) is 0 Å². The number of aliphatic carboxylic acids is 1. The van der Waals surface area contributed by atoms with Crippen LogP contribution in [0.4, 0.5) is 0 Å². The van der Waals surface area contributed by atoms with Crippen molar-refractivity contribution in [3.8, 4) is 0 Å². The van der Waals surface area contributed by atoms with Gasteiger partial charge in [-0.2, -0.15) is 0 Å². The summed E-state index contributed by atoms with van der Waals surface area (Å²) in [4.78, 5) is 10.4. The van der Waals surface area contributed by atoms with Gasteiger partial charge in [-0.1, -0.05) is 6.08 Å². The van der Waals surface area contributed by atoms with Crippen molar-refractivity contribution in [3.05, 3.63) is 11.6 Å². The lowest BCUT2D eigenvalue weighted by Gasteiger charge is -2.08. The third-order valence-electron chi connectivity index (χ3n) is 1.90. The number of hydrogen-bond acceptors (Lipinski definition) is 4. The summed E-state index contributed by atoms with van der Waals surface area (Å²) < 4.78 is 4.76. The maximum atomic E-state index is 10.4. The van der Waals surface area contributed by atoms with Gasteiger partial charge < -0.3 is 20.3 Å². The van der Waals surface area contributed by atoms with E-state index in [1.54, 1.807) is 13.0 Å². The molecule has 0 bridgehead atoms. The fourth-order valence-electron chi connectivity index (χ4n) is 0.959. The molecule has 0 aromatic heterocycles. The van der Waals surface area contributed by atoms with Crippen LogP contribution in [0.15, 0.2) is 11.6 Å². The van der Waals surface area contributed by atoms with Gasteiger partial charge in [0.15, 0.2) is 0 Å². The maximum Gasteiger partial charge on any atom is 0.330 e. The van der Waals surface area contributed by atoms with Crippen molar-refractivity contribution in [2.75, 3.05) is 26.8 Å². The maximum absolute atomic E-state index is 10.4. The van der Waals surface area contributed by atoms with E-state index in [1.165, 1.54) is 7.11 Å². The molecule has 1 atom stereocenters. The van der Waals surface area contributed by atoms with E-state index in [-0.39, 0.29) is 0 Å². The predicted octanol–water partition coefficient (Wildman–Crippen LogP) is 0.00430. The van der Waals surface area contributed by atoms with Crippen molar-refractivity contribution in [1.82, 2.24) is 5.32 Å². The van der Waals surface area contributed by atoms with E-state index in [0.29, 0.717) is 31.7 Å². The first-order valence-electron chi connectivity index (χ1n) is 4.85. The Labute approximate surface area is 89.7 Å². The third kappa shape index (κ3) is 8.11. The molecule has 0 aliphatic carbocycles. The van der Waals surface area contributed by atoms with Crippen LogP contribution in [-0.2, 0) is 9.53 Å². The summed E-state index contributed by atoms with van der Waals surface area (Å²) in [5.41, 5.74) is 0.319. The van der Waals surface area contributed by atoms with Crippen molar-refractivity contribution in [1.29, 1.82) is 0 Å². The number of carboxylic acids is 1. The summed E-state index contributed by atoms with van der Waals surface area (Å²) in [5, 5.41) is 20.8. The first-order chi connectivity index (χ1) is 7.07. The number of ether oxygens (including phenoxy) is 1. The molecule has 1 unspecified atom stereocenters. The number of methoxy groups -OCH3 is 1. The number of rotatable bonds is 8. The van der Waals surface area contributed by atoms with E-state index >= 15 is 0 Å². The largest absolute Gasteiger partial charge is 0.478 e. The summed E-state index contributed by atoms with van der Waals surface area (Å²) in [6.07, 6.45) is 1.73. The van der Waals surface area contributed by atoms with Crippen LogP contribution in [-0.4, -0.2) is 49.1 Å². The van der Waals surface area contributed by atoms with Gasteiger partial charge in [0.25, 0.3) is 0 Å². The van der Waals surface area contributed by atoms with Crippen LogP contribution in [0.5, 0.6) is 0 Å². The molecule has 88 valence electrons. The summed E-state index contributed by atoms with van der Waals surface area (Å²) in [7, 11) is 1.54. The summed E-state index contributed by atoms with van der Waals surface area (Å²) in [6.45, 7) is 3.00. The van der Waals surface area contributed by atoms with Crippen LogP contribution in [0.3, 0.4) is 0 Å². The summed E-state index contributed by atoms with van der Waals surface area (Å²) >= 11 is 0. The molecule has 0 aliphatic heterocycles. The van der Waals surface area contributed by atoms with Gasteiger partial charge in [-0.25, -0.2) is 4.79 Å². The number of hydrogen-bond donors (Lipinski definition) is 3. The lowest BCUT2D eigenvalue weighted by atomic mass is 10.2. The molecular formula is C10H19NO4. The second-order valence-corrected chi connectivity index (χ2v) is 3.29. The normalized spacial score (nSPS) is 13.9. The highest BCUT2D eigenvalue weighted by Crippen LogP contribution is 1.92. The SMILES string of the molecule is COCC(O)CCNC/C=C(/C)C(=O)O. The predicted molar refractivity (Wildman–Crippen MR) is 56.8 cm³/mol. The Morgan fingerprint density at radius 3 is 2.80 bits per heavy atom. The molecule has 0 aliphatic rings. The molecule has 15 heavy (non-hydrogen) atoms. The van der Waals surface area contributed by atoms with E-state index in [0.717, 1.165) is 0 Å². The minimum absolute atomic E-state index is 0.319. The molecule has 5 nitrogen and oxygen atoms in total. The smallest absolute Gasteiger partial charge is 0.330 e. The molecule has 0 heterocycles. The van der Waals surface area contributed by atoms with Gasteiger partial charge in [-0.3, -0.25) is 0 Å². The van der Waals surface area contributed by atoms with E-state index in [2.05, 4.69) is 5.32 Å². The molecule has 0 saturated heterocycles. The summed E-state index contributed by atoms with van der Waals surface area (Å²) in [5.74, 6) is -0.906. The molecule has 0 fully saturated rings. The van der Waals surface area contributed by atoms with Gasteiger partial charge in [0.1, 0.15) is 0 Å². The Bertz CT molecular complexity index is 215. The zero-order valence-electron chi connectivity index (χ0n) is 9.19. The highest BCUT2D eigenvalue weighted by Gasteiger charge is 2.02. The molecule has 0 aromatic carbocycles. The van der Waals surface area contributed by atoms with Crippen LogP contribution >= 0.6 is 0 Å². The van der Waals surface area contributed by atoms with Gasteiger partial charge in [0.05, 0.1) is 12.7 Å². The van der Waals surface area contributed by atoms with Crippen LogP contribution in [0.1, 0.15) is 13.3 Å².